The van der Waals surface area contributed by atoms with Crippen LogP contribution >= 0.6 is 0 Å². The standard InChI is InChI=1S/C32H39N3O3/c1-23-19-35(24(2)18-34(23)20-25-8-5-4-6-9-25)32(27-10-7-11-30(17-27)38-3)28-13-12-26-14-15-33(22-31(36)37)21-29(26)16-28/h4-13,16-17,23-24,32H,14-15,18-22H2,1-3H3,(H,36,37)/t23-,24-,32-/m0/s1. The molecule has 6 heteroatoms. The Morgan fingerprint density at radius 1 is 0.947 bits per heavy atom. The van der Waals surface area contributed by atoms with Crippen LogP contribution in [0.15, 0.2) is 72.8 Å². The van der Waals surface area contributed by atoms with Crippen LogP contribution in [0.3, 0.4) is 0 Å². The average Bonchev–Trinajstić information content (AvgIpc) is 2.91. The molecule has 1 fully saturated rings. The van der Waals surface area contributed by atoms with Gasteiger partial charge in [-0.15, -0.1) is 0 Å². The molecule has 0 aromatic heterocycles. The lowest BCUT2D eigenvalue weighted by Gasteiger charge is -2.48. The number of fused-ring (bicyclic) bond motifs is 1. The van der Waals surface area contributed by atoms with Crippen LogP contribution in [0.25, 0.3) is 0 Å². The molecule has 6 nitrogen and oxygen atoms in total. The van der Waals surface area contributed by atoms with Gasteiger partial charge in [-0.2, -0.15) is 0 Å². The number of carbonyl (C=O) groups is 1. The smallest absolute Gasteiger partial charge is 0.317 e. The van der Waals surface area contributed by atoms with Gasteiger partial charge in [-0.25, -0.2) is 0 Å². The van der Waals surface area contributed by atoms with E-state index in [4.69, 9.17) is 4.74 Å². The molecule has 0 aliphatic carbocycles. The zero-order chi connectivity index (χ0) is 26.6. The summed E-state index contributed by atoms with van der Waals surface area (Å²) >= 11 is 0. The molecular weight excluding hydrogens is 474 g/mol. The molecule has 0 saturated carbocycles. The third-order valence-electron chi connectivity index (χ3n) is 8.13. The Hall–Kier alpha value is -3.19. The summed E-state index contributed by atoms with van der Waals surface area (Å²) in [7, 11) is 1.72. The van der Waals surface area contributed by atoms with E-state index in [1.165, 1.54) is 27.8 Å². The number of aliphatic carboxylic acids is 1. The molecule has 3 aromatic rings. The predicted molar refractivity (Wildman–Crippen MR) is 150 cm³/mol. The van der Waals surface area contributed by atoms with Gasteiger partial charge in [0.25, 0.3) is 0 Å². The van der Waals surface area contributed by atoms with Gasteiger partial charge >= 0.3 is 5.97 Å². The summed E-state index contributed by atoms with van der Waals surface area (Å²) in [6.45, 7) is 9.13. The van der Waals surface area contributed by atoms with Gasteiger partial charge in [0.05, 0.1) is 19.7 Å². The Morgan fingerprint density at radius 3 is 2.50 bits per heavy atom. The van der Waals surface area contributed by atoms with Crippen LogP contribution in [0.2, 0.25) is 0 Å². The molecule has 0 amide bonds. The lowest BCUT2D eigenvalue weighted by molar-refractivity contribution is -0.138. The highest BCUT2D eigenvalue weighted by atomic mass is 16.5. The van der Waals surface area contributed by atoms with E-state index < -0.39 is 5.97 Å². The molecule has 0 unspecified atom stereocenters. The molecule has 1 N–H and O–H groups in total. The van der Waals surface area contributed by atoms with Crippen LogP contribution in [-0.4, -0.2) is 71.1 Å². The molecule has 2 aliphatic heterocycles. The van der Waals surface area contributed by atoms with E-state index >= 15 is 0 Å². The highest BCUT2D eigenvalue weighted by Crippen LogP contribution is 2.36. The Balaban J connectivity index is 1.46. The summed E-state index contributed by atoms with van der Waals surface area (Å²) in [5.74, 6) is 0.0940. The van der Waals surface area contributed by atoms with Crippen LogP contribution in [0.1, 0.15) is 47.7 Å². The second kappa shape index (κ2) is 11.7. The summed E-state index contributed by atoms with van der Waals surface area (Å²) in [5.41, 5.74) is 6.40. The number of nitrogens with zero attached hydrogens (tertiary/aromatic N) is 3. The van der Waals surface area contributed by atoms with E-state index in [0.29, 0.717) is 18.6 Å². The highest BCUT2D eigenvalue weighted by Gasteiger charge is 2.35. The van der Waals surface area contributed by atoms with Gasteiger partial charge in [-0.3, -0.25) is 19.5 Å². The largest absolute Gasteiger partial charge is 0.497 e. The zero-order valence-electron chi connectivity index (χ0n) is 22.7. The minimum absolute atomic E-state index is 0.0842. The third-order valence-corrected chi connectivity index (χ3v) is 8.13. The fourth-order valence-corrected chi connectivity index (χ4v) is 6.14. The van der Waals surface area contributed by atoms with Crippen molar-refractivity contribution in [2.75, 3.05) is 33.3 Å². The molecule has 3 atom stereocenters. The first kappa shape index (κ1) is 26.4. The molecule has 38 heavy (non-hydrogen) atoms. The van der Waals surface area contributed by atoms with E-state index in [1.807, 2.05) is 11.0 Å². The summed E-state index contributed by atoms with van der Waals surface area (Å²) in [5, 5.41) is 9.33. The number of ether oxygens (including phenoxy) is 1. The fourth-order valence-electron chi connectivity index (χ4n) is 6.14. The number of methoxy groups -OCH3 is 1. The van der Waals surface area contributed by atoms with Gasteiger partial charge in [0.15, 0.2) is 0 Å². The Bertz CT molecular complexity index is 1250. The molecular formula is C32H39N3O3. The second-order valence-corrected chi connectivity index (χ2v) is 10.9. The lowest BCUT2D eigenvalue weighted by atomic mass is 9.89. The monoisotopic (exact) mass is 513 g/mol. The number of hydrogen-bond donors (Lipinski definition) is 1. The van der Waals surface area contributed by atoms with Crippen molar-refractivity contribution in [2.45, 2.75) is 51.5 Å². The van der Waals surface area contributed by atoms with Crippen molar-refractivity contribution < 1.29 is 14.6 Å². The molecule has 2 aliphatic rings. The van der Waals surface area contributed by atoms with E-state index in [1.54, 1.807) is 7.11 Å². The van der Waals surface area contributed by atoms with Crippen molar-refractivity contribution in [3.63, 3.8) is 0 Å². The normalized spacial score (nSPS) is 21.6. The van der Waals surface area contributed by atoms with E-state index in [2.05, 4.69) is 90.4 Å². The topological polar surface area (TPSA) is 56.2 Å². The maximum absolute atomic E-state index is 11.4. The molecule has 0 spiro atoms. The van der Waals surface area contributed by atoms with Gasteiger partial charge in [0, 0.05) is 44.8 Å². The van der Waals surface area contributed by atoms with Crippen molar-refractivity contribution in [1.29, 1.82) is 0 Å². The Morgan fingerprint density at radius 2 is 1.74 bits per heavy atom. The first-order chi connectivity index (χ1) is 18.4. The van der Waals surface area contributed by atoms with Crippen LogP contribution in [0.4, 0.5) is 0 Å². The van der Waals surface area contributed by atoms with Gasteiger partial charge < -0.3 is 9.84 Å². The number of carboxylic acids is 1. The Labute approximate surface area is 226 Å². The van der Waals surface area contributed by atoms with Gasteiger partial charge in [-0.1, -0.05) is 60.7 Å². The average molecular weight is 514 g/mol. The molecule has 0 radical (unpaired) electrons. The van der Waals surface area contributed by atoms with Gasteiger partial charge in [0.1, 0.15) is 5.75 Å². The molecule has 2 heterocycles. The van der Waals surface area contributed by atoms with Crippen molar-refractivity contribution in [2.24, 2.45) is 0 Å². The number of hydrogen-bond acceptors (Lipinski definition) is 5. The second-order valence-electron chi connectivity index (χ2n) is 10.9. The Kier molecular flexibility index (Phi) is 8.12. The van der Waals surface area contributed by atoms with E-state index in [9.17, 15) is 9.90 Å². The van der Waals surface area contributed by atoms with Crippen molar-refractivity contribution in [3.05, 3.63) is 101 Å². The summed E-state index contributed by atoms with van der Waals surface area (Å²) in [6, 6.07) is 26.9. The molecule has 200 valence electrons. The maximum Gasteiger partial charge on any atom is 0.317 e. The molecule has 3 aromatic carbocycles. The molecule has 5 rings (SSSR count). The highest BCUT2D eigenvalue weighted by molar-refractivity contribution is 5.69. The maximum atomic E-state index is 11.4. The third kappa shape index (κ3) is 5.93. The fraction of sp³-hybridized carbons (Fsp3) is 0.406. The van der Waals surface area contributed by atoms with Crippen LogP contribution in [0.5, 0.6) is 5.75 Å². The zero-order valence-corrected chi connectivity index (χ0v) is 22.7. The molecule has 1 saturated heterocycles. The quantitative estimate of drug-likeness (QED) is 0.466. The van der Waals surface area contributed by atoms with E-state index in [0.717, 1.165) is 38.3 Å². The number of benzene rings is 3. The predicted octanol–water partition coefficient (Wildman–Crippen LogP) is 4.82. The van der Waals surface area contributed by atoms with Crippen LogP contribution in [0, 0.1) is 0 Å². The van der Waals surface area contributed by atoms with Crippen LogP contribution in [-0.2, 0) is 24.3 Å². The van der Waals surface area contributed by atoms with Crippen molar-refractivity contribution >= 4 is 5.97 Å². The summed E-state index contributed by atoms with van der Waals surface area (Å²) in [6.07, 6.45) is 0.887. The first-order valence-corrected chi connectivity index (χ1v) is 13.6. The summed E-state index contributed by atoms with van der Waals surface area (Å²) < 4.78 is 5.61. The number of piperazine rings is 1. The van der Waals surface area contributed by atoms with Crippen molar-refractivity contribution in [1.82, 2.24) is 14.7 Å². The SMILES string of the molecule is COc1cccc([C@@H](c2ccc3c(c2)CN(CC(=O)O)CC3)N2C[C@H](C)N(Cc3ccccc3)C[C@@H]2C)c1. The lowest BCUT2D eigenvalue weighted by Crippen LogP contribution is -2.56. The number of carboxylic acid groups (broad SMARTS) is 1. The minimum atomic E-state index is -0.768. The van der Waals surface area contributed by atoms with E-state index in [-0.39, 0.29) is 12.6 Å². The van der Waals surface area contributed by atoms with Gasteiger partial charge in [0.2, 0.25) is 0 Å². The number of rotatable bonds is 8. The molecule has 0 bridgehead atoms. The first-order valence-electron chi connectivity index (χ1n) is 13.6. The van der Waals surface area contributed by atoms with Crippen LogP contribution < -0.4 is 4.74 Å². The summed E-state index contributed by atoms with van der Waals surface area (Å²) in [4.78, 5) is 18.6. The van der Waals surface area contributed by atoms with Gasteiger partial charge in [-0.05, 0) is 60.2 Å². The van der Waals surface area contributed by atoms with Crippen molar-refractivity contribution in [3.8, 4) is 5.75 Å². The minimum Gasteiger partial charge on any atom is -0.497 e.